The third-order valence-corrected chi connectivity index (χ3v) is 2.57. The molecule has 4 nitrogen and oxygen atoms in total. The number of methoxy groups -OCH3 is 1. The van der Waals surface area contributed by atoms with Gasteiger partial charge in [0, 0.05) is 0 Å². The van der Waals surface area contributed by atoms with Crippen LogP contribution in [0.25, 0.3) is 0 Å². The predicted octanol–water partition coefficient (Wildman–Crippen LogP) is 1.41. The Morgan fingerprint density at radius 2 is 1.94 bits per heavy atom. The van der Waals surface area contributed by atoms with Crippen LogP contribution in [0.2, 0.25) is 0 Å². The average Bonchev–Trinajstić information content (AvgIpc) is 2.26. The molecule has 1 aromatic carbocycles. The van der Waals surface area contributed by atoms with Crippen LogP contribution in [0.1, 0.15) is 38.1 Å². The van der Waals surface area contributed by atoms with Gasteiger partial charge in [-0.3, -0.25) is 5.84 Å². The van der Waals surface area contributed by atoms with Gasteiger partial charge in [-0.2, -0.15) is 0 Å². The highest BCUT2D eigenvalue weighted by Gasteiger charge is 2.20. The van der Waals surface area contributed by atoms with Gasteiger partial charge in [0.2, 0.25) is 0 Å². The summed E-state index contributed by atoms with van der Waals surface area (Å²) < 4.78 is 5.35. The van der Waals surface area contributed by atoms with Gasteiger partial charge in [-0.05, 0) is 28.7 Å². The number of hydrogen-bond acceptors (Lipinski definition) is 4. The van der Waals surface area contributed by atoms with Crippen molar-refractivity contribution in [1.29, 1.82) is 0 Å². The number of rotatable bonds is 3. The predicted molar refractivity (Wildman–Crippen MR) is 65.9 cm³/mol. The van der Waals surface area contributed by atoms with Crippen molar-refractivity contribution in [2.45, 2.75) is 32.4 Å². The highest BCUT2D eigenvalue weighted by atomic mass is 16.5. The van der Waals surface area contributed by atoms with Crippen LogP contribution in [-0.2, 0) is 5.41 Å². The summed E-state index contributed by atoms with van der Waals surface area (Å²) in [5.41, 5.74) is 10.4. The molecule has 90 valence electrons. The number of ether oxygens (including phenoxy) is 1. The zero-order chi connectivity index (χ0) is 12.3. The van der Waals surface area contributed by atoms with E-state index in [0.717, 1.165) is 16.9 Å². The van der Waals surface area contributed by atoms with Gasteiger partial charge in [0.05, 0.1) is 13.3 Å². The molecule has 4 heteroatoms. The lowest BCUT2D eigenvalue weighted by molar-refractivity contribution is 0.396. The van der Waals surface area contributed by atoms with Crippen LogP contribution in [0.4, 0.5) is 0 Å². The summed E-state index contributed by atoms with van der Waals surface area (Å²) in [5, 5.41) is 0. The minimum Gasteiger partial charge on any atom is -0.496 e. The van der Waals surface area contributed by atoms with Crippen LogP contribution in [0, 0.1) is 0 Å². The maximum absolute atomic E-state index is 5.82. The molecule has 1 atom stereocenters. The zero-order valence-electron chi connectivity index (χ0n) is 10.4. The van der Waals surface area contributed by atoms with Crippen LogP contribution in [0.3, 0.4) is 0 Å². The summed E-state index contributed by atoms with van der Waals surface area (Å²) >= 11 is 0. The molecule has 0 aromatic heterocycles. The lowest BCUT2D eigenvalue weighted by Gasteiger charge is -2.24. The van der Waals surface area contributed by atoms with Crippen molar-refractivity contribution in [3.63, 3.8) is 0 Å². The molecule has 0 aliphatic rings. The molecule has 0 saturated carbocycles. The van der Waals surface area contributed by atoms with Crippen molar-refractivity contribution in [2.24, 2.45) is 11.6 Å². The third-order valence-electron chi connectivity index (χ3n) is 2.57. The summed E-state index contributed by atoms with van der Waals surface area (Å²) in [6.45, 7) is 6.40. The van der Waals surface area contributed by atoms with E-state index < -0.39 is 0 Å². The Morgan fingerprint density at radius 1 is 1.31 bits per heavy atom. The standard InChI is InChI=1S/C12H21N3O/c1-12(2,3)9-7-8(11(13)15-14)5-6-10(9)16-4/h5-7,11,15H,13-14H2,1-4H3. The van der Waals surface area contributed by atoms with Gasteiger partial charge in [0.1, 0.15) is 5.75 Å². The first kappa shape index (κ1) is 13.0. The van der Waals surface area contributed by atoms with E-state index in [-0.39, 0.29) is 11.6 Å². The lowest BCUT2D eigenvalue weighted by atomic mass is 9.85. The van der Waals surface area contributed by atoms with Crippen LogP contribution >= 0.6 is 0 Å². The molecule has 0 aliphatic carbocycles. The van der Waals surface area contributed by atoms with E-state index in [2.05, 4.69) is 26.2 Å². The van der Waals surface area contributed by atoms with Crippen LogP contribution in [0.15, 0.2) is 18.2 Å². The lowest BCUT2D eigenvalue weighted by Crippen LogP contribution is -2.34. The van der Waals surface area contributed by atoms with Crippen molar-refractivity contribution in [3.05, 3.63) is 29.3 Å². The molecule has 0 radical (unpaired) electrons. The molecule has 0 spiro atoms. The number of nitrogens with one attached hydrogen (secondary N) is 1. The molecular formula is C12H21N3O. The van der Waals surface area contributed by atoms with Gasteiger partial charge >= 0.3 is 0 Å². The zero-order valence-corrected chi connectivity index (χ0v) is 10.4. The minimum atomic E-state index is -0.355. The van der Waals surface area contributed by atoms with E-state index in [1.807, 2.05) is 18.2 Å². The molecule has 0 fully saturated rings. The SMILES string of the molecule is COc1ccc(C(N)NN)cc1C(C)(C)C. The fraction of sp³-hybridized carbons (Fsp3) is 0.500. The maximum Gasteiger partial charge on any atom is 0.122 e. The summed E-state index contributed by atoms with van der Waals surface area (Å²) in [5.74, 6) is 6.20. The number of benzene rings is 1. The van der Waals surface area contributed by atoms with Crippen molar-refractivity contribution in [2.75, 3.05) is 7.11 Å². The summed E-state index contributed by atoms with van der Waals surface area (Å²) in [6, 6.07) is 5.87. The van der Waals surface area contributed by atoms with Gasteiger partial charge in [-0.15, -0.1) is 0 Å². The largest absolute Gasteiger partial charge is 0.496 e. The number of hydrazine groups is 1. The van der Waals surface area contributed by atoms with Gasteiger partial charge < -0.3 is 10.5 Å². The molecule has 0 saturated heterocycles. The molecule has 1 aromatic rings. The number of nitrogens with two attached hydrogens (primary N) is 2. The molecule has 1 unspecified atom stereocenters. The Balaban J connectivity index is 3.22. The first-order valence-corrected chi connectivity index (χ1v) is 5.30. The normalized spacial score (nSPS) is 13.6. The Labute approximate surface area is 96.9 Å². The van der Waals surface area contributed by atoms with E-state index in [4.69, 9.17) is 16.3 Å². The van der Waals surface area contributed by atoms with E-state index in [9.17, 15) is 0 Å². The fourth-order valence-electron chi connectivity index (χ4n) is 1.60. The first-order chi connectivity index (χ1) is 7.40. The molecular weight excluding hydrogens is 202 g/mol. The van der Waals surface area contributed by atoms with Crippen LogP contribution < -0.4 is 21.7 Å². The second-order valence-electron chi connectivity index (χ2n) is 4.85. The highest BCUT2D eigenvalue weighted by molar-refractivity contribution is 5.42. The quantitative estimate of drug-likeness (QED) is 0.411. The Hall–Kier alpha value is -1.10. The fourth-order valence-corrected chi connectivity index (χ4v) is 1.60. The summed E-state index contributed by atoms with van der Waals surface area (Å²) in [6.07, 6.45) is -0.355. The Kier molecular flexibility index (Phi) is 3.91. The maximum atomic E-state index is 5.82. The van der Waals surface area contributed by atoms with Crippen molar-refractivity contribution >= 4 is 0 Å². The Bertz CT molecular complexity index is 358. The van der Waals surface area contributed by atoms with Gasteiger partial charge in [0.15, 0.2) is 0 Å². The highest BCUT2D eigenvalue weighted by Crippen LogP contribution is 2.32. The van der Waals surface area contributed by atoms with E-state index in [1.54, 1.807) is 7.11 Å². The van der Waals surface area contributed by atoms with E-state index in [1.165, 1.54) is 0 Å². The molecule has 16 heavy (non-hydrogen) atoms. The first-order valence-electron chi connectivity index (χ1n) is 5.30. The van der Waals surface area contributed by atoms with Gasteiger partial charge in [-0.1, -0.05) is 26.8 Å². The third kappa shape index (κ3) is 2.72. The average molecular weight is 223 g/mol. The monoisotopic (exact) mass is 223 g/mol. The van der Waals surface area contributed by atoms with Gasteiger partial charge in [0.25, 0.3) is 0 Å². The molecule has 0 heterocycles. The van der Waals surface area contributed by atoms with E-state index in [0.29, 0.717) is 0 Å². The second-order valence-corrected chi connectivity index (χ2v) is 4.85. The molecule has 0 bridgehead atoms. The minimum absolute atomic E-state index is 0.00960. The van der Waals surface area contributed by atoms with Crippen molar-refractivity contribution in [1.82, 2.24) is 5.43 Å². The van der Waals surface area contributed by atoms with Crippen LogP contribution in [0.5, 0.6) is 5.75 Å². The van der Waals surface area contributed by atoms with E-state index >= 15 is 0 Å². The topological polar surface area (TPSA) is 73.3 Å². The smallest absolute Gasteiger partial charge is 0.122 e. The van der Waals surface area contributed by atoms with Crippen LogP contribution in [-0.4, -0.2) is 7.11 Å². The Morgan fingerprint density at radius 3 is 2.38 bits per heavy atom. The van der Waals surface area contributed by atoms with Crippen molar-refractivity contribution < 1.29 is 4.74 Å². The molecule has 5 N–H and O–H groups in total. The molecule has 0 aliphatic heterocycles. The second kappa shape index (κ2) is 4.82. The molecule has 1 rings (SSSR count). The number of hydrogen-bond donors (Lipinski definition) is 3. The molecule has 0 amide bonds. The summed E-state index contributed by atoms with van der Waals surface area (Å²) in [4.78, 5) is 0. The summed E-state index contributed by atoms with van der Waals surface area (Å²) in [7, 11) is 1.67. The van der Waals surface area contributed by atoms with Crippen molar-refractivity contribution in [3.8, 4) is 5.75 Å². The van der Waals surface area contributed by atoms with Gasteiger partial charge in [-0.25, -0.2) is 5.43 Å².